The Hall–Kier alpha value is -1.59. The summed E-state index contributed by atoms with van der Waals surface area (Å²) in [6, 6.07) is 8.14. The highest BCUT2D eigenvalue weighted by Gasteiger charge is 2.29. The molecular weight excluding hydrogens is 292 g/mol. The number of rotatable bonds is 5. The second kappa shape index (κ2) is 7.79. The first-order valence-electron chi connectivity index (χ1n) is 8.59. The van der Waals surface area contributed by atoms with Gasteiger partial charge >= 0.3 is 6.03 Å². The molecule has 1 aromatic carbocycles. The molecule has 0 radical (unpaired) electrons. The molecule has 0 unspecified atom stereocenters. The van der Waals surface area contributed by atoms with Crippen LogP contribution in [-0.2, 0) is 9.47 Å². The van der Waals surface area contributed by atoms with E-state index in [1.54, 1.807) is 0 Å². The van der Waals surface area contributed by atoms with Crippen molar-refractivity contribution in [2.75, 3.05) is 37.8 Å². The van der Waals surface area contributed by atoms with E-state index in [9.17, 15) is 4.79 Å². The van der Waals surface area contributed by atoms with Crippen LogP contribution < -0.4 is 10.2 Å². The minimum atomic E-state index is -0.00661. The molecule has 1 aromatic rings. The minimum absolute atomic E-state index is 0.00661. The lowest BCUT2D eigenvalue weighted by atomic mass is 10.0. The highest BCUT2D eigenvalue weighted by molar-refractivity contribution is 5.94. The molecule has 0 bridgehead atoms. The molecule has 0 aromatic heterocycles. The molecule has 5 nitrogen and oxygen atoms in total. The van der Waals surface area contributed by atoms with E-state index in [-0.39, 0.29) is 6.03 Å². The van der Waals surface area contributed by atoms with Crippen molar-refractivity contribution in [1.82, 2.24) is 5.32 Å². The number of hydrogen-bond donors (Lipinski definition) is 1. The van der Waals surface area contributed by atoms with Crippen LogP contribution >= 0.6 is 0 Å². The van der Waals surface area contributed by atoms with Gasteiger partial charge in [0.25, 0.3) is 0 Å². The third kappa shape index (κ3) is 4.03. The fourth-order valence-electron chi connectivity index (χ4n) is 3.27. The Balaban J connectivity index is 1.38. The molecule has 2 heterocycles. The van der Waals surface area contributed by atoms with Crippen LogP contribution in [0.4, 0.5) is 10.5 Å². The molecule has 2 amide bonds. The summed E-state index contributed by atoms with van der Waals surface area (Å²) < 4.78 is 11.1. The number of fused-ring (bicyclic) bond motifs is 1. The topological polar surface area (TPSA) is 50.8 Å². The standard InChI is InChI=1S/C18H26N2O3/c1-14-13-20(17-6-3-2-5-16(14)17)18(21)19-9-4-10-23-15-7-11-22-12-8-15/h2-3,5-6,14-15H,4,7-13H2,1H3,(H,19,21)/t14-/m1/s1. The summed E-state index contributed by atoms with van der Waals surface area (Å²) in [4.78, 5) is 14.2. The van der Waals surface area contributed by atoms with Crippen molar-refractivity contribution >= 4 is 11.7 Å². The highest BCUT2D eigenvalue weighted by Crippen LogP contribution is 2.35. The third-order valence-corrected chi connectivity index (χ3v) is 4.58. The van der Waals surface area contributed by atoms with E-state index in [1.807, 2.05) is 23.1 Å². The van der Waals surface area contributed by atoms with Gasteiger partial charge in [-0.3, -0.25) is 4.90 Å². The number of benzene rings is 1. The van der Waals surface area contributed by atoms with E-state index in [4.69, 9.17) is 9.47 Å². The van der Waals surface area contributed by atoms with Gasteiger partial charge in [-0.2, -0.15) is 0 Å². The molecule has 126 valence electrons. The van der Waals surface area contributed by atoms with Gasteiger partial charge in [-0.1, -0.05) is 25.1 Å². The van der Waals surface area contributed by atoms with Gasteiger partial charge in [0.2, 0.25) is 0 Å². The number of carbonyl (C=O) groups is 1. The van der Waals surface area contributed by atoms with Crippen molar-refractivity contribution < 1.29 is 14.3 Å². The number of anilines is 1. The van der Waals surface area contributed by atoms with Gasteiger partial charge in [-0.05, 0) is 30.9 Å². The number of urea groups is 1. The summed E-state index contributed by atoms with van der Waals surface area (Å²) in [5.41, 5.74) is 2.29. The van der Waals surface area contributed by atoms with Crippen molar-refractivity contribution in [3.05, 3.63) is 29.8 Å². The summed E-state index contributed by atoms with van der Waals surface area (Å²) in [5.74, 6) is 0.397. The van der Waals surface area contributed by atoms with Crippen LogP contribution in [0.3, 0.4) is 0 Å². The fourth-order valence-corrected chi connectivity index (χ4v) is 3.27. The molecule has 1 fully saturated rings. The second-order valence-corrected chi connectivity index (χ2v) is 6.34. The minimum Gasteiger partial charge on any atom is -0.381 e. The van der Waals surface area contributed by atoms with Crippen LogP contribution in [0.1, 0.15) is 37.7 Å². The van der Waals surface area contributed by atoms with E-state index in [2.05, 4.69) is 18.3 Å². The Morgan fingerprint density at radius 2 is 2.13 bits per heavy atom. The van der Waals surface area contributed by atoms with Gasteiger partial charge in [0.1, 0.15) is 0 Å². The molecule has 5 heteroatoms. The van der Waals surface area contributed by atoms with Crippen molar-refractivity contribution in [3.8, 4) is 0 Å². The van der Waals surface area contributed by atoms with Crippen molar-refractivity contribution in [2.45, 2.75) is 38.2 Å². The Bertz CT molecular complexity index is 529. The van der Waals surface area contributed by atoms with E-state index >= 15 is 0 Å². The zero-order chi connectivity index (χ0) is 16.1. The van der Waals surface area contributed by atoms with Gasteiger partial charge in [-0.15, -0.1) is 0 Å². The van der Waals surface area contributed by atoms with E-state index in [0.29, 0.717) is 25.2 Å². The Kier molecular flexibility index (Phi) is 5.51. The SMILES string of the molecule is C[C@@H]1CN(C(=O)NCCCOC2CCOCC2)c2ccccc21. The molecule has 0 aliphatic carbocycles. The number of amides is 2. The summed E-state index contributed by atoms with van der Waals surface area (Å²) in [5, 5.41) is 3.01. The van der Waals surface area contributed by atoms with Gasteiger partial charge in [0, 0.05) is 44.5 Å². The molecule has 1 N–H and O–H groups in total. The maximum Gasteiger partial charge on any atom is 0.321 e. The molecule has 0 spiro atoms. The first-order valence-corrected chi connectivity index (χ1v) is 8.59. The monoisotopic (exact) mass is 318 g/mol. The summed E-state index contributed by atoms with van der Waals surface area (Å²) >= 11 is 0. The van der Waals surface area contributed by atoms with Crippen LogP contribution in [0, 0.1) is 0 Å². The smallest absolute Gasteiger partial charge is 0.321 e. The van der Waals surface area contributed by atoms with Gasteiger partial charge in [0.05, 0.1) is 6.10 Å². The van der Waals surface area contributed by atoms with Gasteiger partial charge in [-0.25, -0.2) is 4.79 Å². The number of hydrogen-bond acceptors (Lipinski definition) is 3. The van der Waals surface area contributed by atoms with Crippen molar-refractivity contribution in [2.24, 2.45) is 0 Å². The Morgan fingerprint density at radius 1 is 1.35 bits per heavy atom. The average molecular weight is 318 g/mol. The summed E-state index contributed by atoms with van der Waals surface area (Å²) in [6.45, 7) is 5.85. The predicted octanol–water partition coefficient (Wildman–Crippen LogP) is 2.91. The molecule has 2 aliphatic heterocycles. The highest BCUT2D eigenvalue weighted by atomic mass is 16.5. The number of nitrogens with one attached hydrogen (secondary N) is 1. The predicted molar refractivity (Wildman–Crippen MR) is 90.0 cm³/mol. The Morgan fingerprint density at radius 3 is 2.96 bits per heavy atom. The zero-order valence-corrected chi connectivity index (χ0v) is 13.8. The largest absolute Gasteiger partial charge is 0.381 e. The Labute approximate surface area is 137 Å². The third-order valence-electron chi connectivity index (χ3n) is 4.58. The average Bonchev–Trinajstić information content (AvgIpc) is 2.93. The second-order valence-electron chi connectivity index (χ2n) is 6.34. The maximum absolute atomic E-state index is 12.4. The maximum atomic E-state index is 12.4. The molecular formula is C18H26N2O3. The van der Waals surface area contributed by atoms with Crippen LogP contribution in [0.25, 0.3) is 0 Å². The molecule has 2 aliphatic rings. The quantitative estimate of drug-likeness (QED) is 0.849. The van der Waals surface area contributed by atoms with Crippen LogP contribution in [-0.4, -0.2) is 45.0 Å². The summed E-state index contributed by atoms with van der Waals surface area (Å²) in [6.07, 6.45) is 3.13. The normalized spacial score (nSPS) is 21.3. The lowest BCUT2D eigenvalue weighted by Crippen LogP contribution is -2.40. The molecule has 1 saturated heterocycles. The lowest BCUT2D eigenvalue weighted by molar-refractivity contribution is -0.0320. The fraction of sp³-hybridized carbons (Fsp3) is 0.611. The molecule has 3 rings (SSSR count). The first-order chi connectivity index (χ1) is 11.3. The van der Waals surface area contributed by atoms with Crippen LogP contribution in [0.15, 0.2) is 24.3 Å². The van der Waals surface area contributed by atoms with Crippen LogP contribution in [0.2, 0.25) is 0 Å². The van der Waals surface area contributed by atoms with Crippen molar-refractivity contribution in [1.29, 1.82) is 0 Å². The number of ether oxygens (including phenoxy) is 2. The number of nitrogens with zero attached hydrogens (tertiary/aromatic N) is 1. The number of para-hydroxylation sites is 1. The lowest BCUT2D eigenvalue weighted by Gasteiger charge is -2.22. The molecule has 1 atom stereocenters. The zero-order valence-electron chi connectivity index (χ0n) is 13.8. The van der Waals surface area contributed by atoms with Gasteiger partial charge in [0.15, 0.2) is 0 Å². The van der Waals surface area contributed by atoms with Crippen molar-refractivity contribution in [3.63, 3.8) is 0 Å². The number of carbonyl (C=O) groups excluding carboxylic acids is 1. The van der Waals surface area contributed by atoms with E-state index in [1.165, 1.54) is 5.56 Å². The van der Waals surface area contributed by atoms with Crippen LogP contribution in [0.5, 0.6) is 0 Å². The van der Waals surface area contributed by atoms with E-state index < -0.39 is 0 Å². The van der Waals surface area contributed by atoms with Gasteiger partial charge < -0.3 is 14.8 Å². The first kappa shape index (κ1) is 16.3. The molecule has 0 saturated carbocycles. The molecule has 23 heavy (non-hydrogen) atoms. The van der Waals surface area contributed by atoms with E-state index in [0.717, 1.165) is 44.7 Å². The summed E-state index contributed by atoms with van der Waals surface area (Å²) in [7, 11) is 0.